The van der Waals surface area contributed by atoms with Crippen LogP contribution >= 0.6 is 0 Å². The first kappa shape index (κ1) is 16.7. The Kier molecular flexibility index (Phi) is 4.41. The van der Waals surface area contributed by atoms with Crippen molar-refractivity contribution in [2.45, 2.75) is 38.8 Å². The Morgan fingerprint density at radius 2 is 2.04 bits per heavy atom. The molecule has 26 heavy (non-hydrogen) atoms. The van der Waals surface area contributed by atoms with Crippen LogP contribution in [-0.2, 0) is 6.54 Å². The van der Waals surface area contributed by atoms with E-state index in [2.05, 4.69) is 35.9 Å². The second kappa shape index (κ2) is 6.87. The molecule has 1 amide bonds. The lowest BCUT2D eigenvalue weighted by Crippen LogP contribution is -2.32. The molecule has 2 aromatic carbocycles. The summed E-state index contributed by atoms with van der Waals surface area (Å²) in [6.07, 6.45) is 1.02. The molecule has 0 saturated heterocycles. The smallest absolute Gasteiger partial charge is 0.267 e. The number of rotatable bonds is 5. The van der Waals surface area contributed by atoms with Crippen LogP contribution < -0.4 is 10.1 Å². The molecule has 2 atom stereocenters. The number of hydrogen-bond acceptors (Lipinski definition) is 2. The summed E-state index contributed by atoms with van der Waals surface area (Å²) >= 11 is 0. The van der Waals surface area contributed by atoms with E-state index in [1.165, 1.54) is 5.56 Å². The SMILES string of the molecule is CC[C@@H]1Cn2c(C(=O)NC[C@H](C)c3ccccc3)cc3cccc(c32)O1. The Morgan fingerprint density at radius 3 is 2.81 bits per heavy atom. The topological polar surface area (TPSA) is 43.3 Å². The van der Waals surface area contributed by atoms with Gasteiger partial charge in [-0.05, 0) is 30.0 Å². The van der Waals surface area contributed by atoms with Gasteiger partial charge in [-0.1, -0.05) is 56.3 Å². The largest absolute Gasteiger partial charge is 0.486 e. The van der Waals surface area contributed by atoms with Gasteiger partial charge in [0.1, 0.15) is 17.5 Å². The number of nitrogens with zero attached hydrogens (tertiary/aromatic N) is 1. The molecule has 0 unspecified atom stereocenters. The van der Waals surface area contributed by atoms with Gasteiger partial charge < -0.3 is 14.6 Å². The molecule has 0 aliphatic carbocycles. The summed E-state index contributed by atoms with van der Waals surface area (Å²) in [5, 5.41) is 4.16. The molecule has 0 spiro atoms. The summed E-state index contributed by atoms with van der Waals surface area (Å²) in [5.41, 5.74) is 2.98. The molecule has 0 saturated carbocycles. The van der Waals surface area contributed by atoms with Crippen molar-refractivity contribution >= 4 is 16.8 Å². The molecule has 1 aromatic heterocycles. The molecule has 3 aromatic rings. The lowest BCUT2D eigenvalue weighted by atomic mass is 10.0. The van der Waals surface area contributed by atoms with Gasteiger partial charge in [-0.3, -0.25) is 4.79 Å². The van der Waals surface area contributed by atoms with Crippen LogP contribution in [0.25, 0.3) is 10.9 Å². The van der Waals surface area contributed by atoms with Crippen LogP contribution in [0, 0.1) is 0 Å². The fourth-order valence-electron chi connectivity index (χ4n) is 3.63. The highest BCUT2D eigenvalue weighted by Gasteiger charge is 2.25. The molecule has 1 N–H and O–H groups in total. The summed E-state index contributed by atoms with van der Waals surface area (Å²) in [6.45, 7) is 5.58. The van der Waals surface area contributed by atoms with Crippen LogP contribution in [0.2, 0.25) is 0 Å². The van der Waals surface area contributed by atoms with Crippen molar-refractivity contribution in [3.63, 3.8) is 0 Å². The van der Waals surface area contributed by atoms with Gasteiger partial charge in [0, 0.05) is 11.9 Å². The van der Waals surface area contributed by atoms with Gasteiger partial charge >= 0.3 is 0 Å². The number of aromatic nitrogens is 1. The first-order chi connectivity index (χ1) is 12.7. The van der Waals surface area contributed by atoms with Gasteiger partial charge in [-0.25, -0.2) is 0 Å². The first-order valence-electron chi connectivity index (χ1n) is 9.29. The number of para-hydroxylation sites is 1. The van der Waals surface area contributed by atoms with E-state index < -0.39 is 0 Å². The van der Waals surface area contributed by atoms with Crippen molar-refractivity contribution < 1.29 is 9.53 Å². The fraction of sp³-hybridized carbons (Fsp3) is 0.318. The number of hydrogen-bond donors (Lipinski definition) is 1. The zero-order valence-electron chi connectivity index (χ0n) is 15.2. The minimum atomic E-state index is -0.0216. The molecule has 4 heteroatoms. The molecule has 4 nitrogen and oxygen atoms in total. The fourth-order valence-corrected chi connectivity index (χ4v) is 3.63. The Labute approximate surface area is 153 Å². The van der Waals surface area contributed by atoms with Gasteiger partial charge in [0.05, 0.1) is 12.1 Å². The van der Waals surface area contributed by atoms with E-state index in [-0.39, 0.29) is 17.9 Å². The van der Waals surface area contributed by atoms with E-state index in [4.69, 9.17) is 4.74 Å². The Morgan fingerprint density at radius 1 is 1.23 bits per heavy atom. The van der Waals surface area contributed by atoms with Crippen LogP contribution in [0.1, 0.15) is 42.2 Å². The number of ether oxygens (including phenoxy) is 1. The number of nitrogens with one attached hydrogen (secondary N) is 1. The van der Waals surface area contributed by atoms with Gasteiger partial charge in [-0.15, -0.1) is 0 Å². The third-order valence-corrected chi connectivity index (χ3v) is 5.19. The lowest BCUT2D eigenvalue weighted by Gasteiger charge is -2.26. The monoisotopic (exact) mass is 348 g/mol. The van der Waals surface area contributed by atoms with Crippen LogP contribution in [0.3, 0.4) is 0 Å². The predicted molar refractivity (Wildman–Crippen MR) is 104 cm³/mol. The molecular formula is C22H24N2O2. The maximum Gasteiger partial charge on any atom is 0.267 e. The molecule has 0 fully saturated rings. The zero-order valence-corrected chi connectivity index (χ0v) is 15.2. The van der Waals surface area contributed by atoms with Crippen LogP contribution in [0.4, 0.5) is 0 Å². The summed E-state index contributed by atoms with van der Waals surface area (Å²) in [6, 6.07) is 18.3. The second-order valence-electron chi connectivity index (χ2n) is 7.00. The molecule has 134 valence electrons. The van der Waals surface area contributed by atoms with E-state index in [1.54, 1.807) is 0 Å². The number of benzene rings is 2. The van der Waals surface area contributed by atoms with Crippen LogP contribution in [-0.4, -0.2) is 23.1 Å². The average molecular weight is 348 g/mol. The number of carbonyl (C=O) groups excluding carboxylic acids is 1. The van der Waals surface area contributed by atoms with Gasteiger partial charge in [-0.2, -0.15) is 0 Å². The second-order valence-corrected chi connectivity index (χ2v) is 7.00. The van der Waals surface area contributed by atoms with Crippen molar-refractivity contribution in [3.05, 3.63) is 65.9 Å². The van der Waals surface area contributed by atoms with E-state index in [0.29, 0.717) is 13.1 Å². The van der Waals surface area contributed by atoms with E-state index in [9.17, 15) is 4.79 Å². The lowest BCUT2D eigenvalue weighted by molar-refractivity contribution is 0.0936. The van der Waals surface area contributed by atoms with Gasteiger partial charge in [0.2, 0.25) is 0 Å². The molecule has 0 radical (unpaired) electrons. The van der Waals surface area contributed by atoms with Crippen LogP contribution in [0.15, 0.2) is 54.6 Å². The summed E-state index contributed by atoms with van der Waals surface area (Å²) < 4.78 is 8.17. The van der Waals surface area contributed by atoms with Gasteiger partial charge in [0.25, 0.3) is 5.91 Å². The van der Waals surface area contributed by atoms with E-state index >= 15 is 0 Å². The third-order valence-electron chi connectivity index (χ3n) is 5.19. The Bertz CT molecular complexity index is 930. The summed E-state index contributed by atoms with van der Waals surface area (Å²) in [5.74, 6) is 1.12. The van der Waals surface area contributed by atoms with Crippen molar-refractivity contribution in [3.8, 4) is 5.75 Å². The van der Waals surface area contributed by atoms with Crippen molar-refractivity contribution in [1.82, 2.24) is 9.88 Å². The summed E-state index contributed by atoms with van der Waals surface area (Å²) in [7, 11) is 0. The minimum Gasteiger partial charge on any atom is -0.486 e. The number of carbonyl (C=O) groups is 1. The zero-order chi connectivity index (χ0) is 18.1. The standard InChI is InChI=1S/C22H24N2O2/c1-3-18-14-24-19(12-17-10-7-11-20(26-18)21(17)24)22(25)23-13-15(2)16-8-5-4-6-9-16/h4-12,15,18H,3,13-14H2,1-2H3,(H,23,25)/t15-,18+/m0/s1. The Balaban J connectivity index is 1.57. The molecule has 0 bridgehead atoms. The third kappa shape index (κ3) is 2.96. The van der Waals surface area contributed by atoms with Crippen molar-refractivity contribution in [2.24, 2.45) is 0 Å². The molecule has 1 aliphatic rings. The van der Waals surface area contributed by atoms with E-state index in [0.717, 1.165) is 28.8 Å². The molecule has 4 rings (SSSR count). The van der Waals surface area contributed by atoms with Gasteiger partial charge in [0.15, 0.2) is 0 Å². The normalized spacial score (nSPS) is 16.9. The molecule has 1 aliphatic heterocycles. The van der Waals surface area contributed by atoms with Crippen molar-refractivity contribution in [2.75, 3.05) is 6.54 Å². The maximum absolute atomic E-state index is 12.9. The quantitative estimate of drug-likeness (QED) is 0.745. The van der Waals surface area contributed by atoms with Crippen molar-refractivity contribution in [1.29, 1.82) is 0 Å². The van der Waals surface area contributed by atoms with E-state index in [1.807, 2.05) is 42.5 Å². The maximum atomic E-state index is 12.9. The highest BCUT2D eigenvalue weighted by atomic mass is 16.5. The Hall–Kier alpha value is -2.75. The van der Waals surface area contributed by atoms with Crippen LogP contribution in [0.5, 0.6) is 5.75 Å². The average Bonchev–Trinajstić information content (AvgIpc) is 3.06. The minimum absolute atomic E-state index is 0.0216. The predicted octanol–water partition coefficient (Wildman–Crippen LogP) is 4.35. The summed E-state index contributed by atoms with van der Waals surface area (Å²) in [4.78, 5) is 12.9. The molecular weight excluding hydrogens is 324 g/mol. The molecule has 2 heterocycles. The number of amides is 1. The highest BCUT2D eigenvalue weighted by molar-refractivity contribution is 6.00. The first-order valence-corrected chi connectivity index (χ1v) is 9.29. The highest BCUT2D eigenvalue weighted by Crippen LogP contribution is 2.34.